The molecule has 0 N–H and O–H groups in total. The van der Waals surface area contributed by atoms with Crippen LogP contribution < -0.4 is 0 Å². The number of carbonyl (C=O) groups is 1. The molecule has 4 rings (SSSR count). The highest BCUT2D eigenvalue weighted by molar-refractivity contribution is 7.08. The molecular weight excluding hydrogens is 326 g/mol. The summed E-state index contributed by atoms with van der Waals surface area (Å²) in [6.45, 7) is 2.93. The Balaban J connectivity index is 1.37. The Bertz CT molecular complexity index is 679. The summed E-state index contributed by atoms with van der Waals surface area (Å²) < 4.78 is 10.8. The van der Waals surface area contributed by atoms with Gasteiger partial charge in [-0.05, 0) is 36.6 Å². The van der Waals surface area contributed by atoms with E-state index in [1.165, 1.54) is 0 Å². The predicted octanol–water partition coefficient (Wildman–Crippen LogP) is 2.62. The number of ether oxygens (including phenoxy) is 1. The van der Waals surface area contributed by atoms with Crippen molar-refractivity contribution in [2.24, 2.45) is 11.8 Å². The predicted molar refractivity (Wildman–Crippen MR) is 89.5 cm³/mol. The first kappa shape index (κ1) is 15.8. The molecular formula is C17H21N3O3S. The molecule has 0 aromatic carbocycles. The third-order valence-electron chi connectivity index (χ3n) is 4.82. The summed E-state index contributed by atoms with van der Waals surface area (Å²) in [5, 5.41) is 8.08. The average Bonchev–Trinajstić information content (AvgIpc) is 3.35. The van der Waals surface area contributed by atoms with Gasteiger partial charge in [-0.1, -0.05) is 5.16 Å². The van der Waals surface area contributed by atoms with E-state index in [4.69, 9.17) is 9.26 Å². The minimum Gasteiger partial charge on any atom is -0.381 e. The molecule has 2 unspecified atom stereocenters. The summed E-state index contributed by atoms with van der Waals surface area (Å²) in [5.41, 5.74) is 0.997. The van der Waals surface area contributed by atoms with Crippen LogP contribution in [0.5, 0.6) is 0 Å². The zero-order valence-corrected chi connectivity index (χ0v) is 14.3. The summed E-state index contributed by atoms with van der Waals surface area (Å²) >= 11 is 1.62. The van der Waals surface area contributed by atoms with Crippen LogP contribution in [0.2, 0.25) is 0 Å². The Kier molecular flexibility index (Phi) is 4.62. The first-order chi connectivity index (χ1) is 11.8. The van der Waals surface area contributed by atoms with E-state index in [2.05, 4.69) is 10.1 Å². The number of amides is 1. The second-order valence-electron chi connectivity index (χ2n) is 6.58. The molecule has 4 heterocycles. The number of rotatable bonds is 4. The van der Waals surface area contributed by atoms with Gasteiger partial charge in [0.1, 0.15) is 0 Å². The molecule has 1 amide bonds. The zero-order valence-electron chi connectivity index (χ0n) is 13.5. The van der Waals surface area contributed by atoms with Gasteiger partial charge >= 0.3 is 0 Å². The van der Waals surface area contributed by atoms with Crippen LogP contribution in [0.25, 0.3) is 11.4 Å². The third-order valence-corrected chi connectivity index (χ3v) is 5.50. The molecule has 0 aliphatic carbocycles. The molecule has 2 atom stereocenters. The molecule has 7 heteroatoms. The molecule has 2 aliphatic rings. The van der Waals surface area contributed by atoms with Crippen molar-refractivity contribution < 1.29 is 14.1 Å². The summed E-state index contributed by atoms with van der Waals surface area (Å²) in [4.78, 5) is 19.1. The maximum absolute atomic E-state index is 12.6. The van der Waals surface area contributed by atoms with E-state index in [-0.39, 0.29) is 11.8 Å². The van der Waals surface area contributed by atoms with Crippen LogP contribution in [0.3, 0.4) is 0 Å². The molecule has 2 fully saturated rings. The summed E-state index contributed by atoms with van der Waals surface area (Å²) in [6, 6.07) is 1.99. The molecule has 0 bridgehead atoms. The van der Waals surface area contributed by atoms with E-state index in [0.717, 1.165) is 44.3 Å². The lowest BCUT2D eigenvalue weighted by molar-refractivity contribution is -0.137. The first-order valence-corrected chi connectivity index (χ1v) is 9.45. The van der Waals surface area contributed by atoms with Crippen LogP contribution in [0.1, 0.15) is 25.2 Å². The van der Waals surface area contributed by atoms with Gasteiger partial charge in [-0.2, -0.15) is 16.3 Å². The quantitative estimate of drug-likeness (QED) is 0.850. The van der Waals surface area contributed by atoms with E-state index < -0.39 is 0 Å². The lowest BCUT2D eigenvalue weighted by atomic mass is 9.93. The van der Waals surface area contributed by atoms with E-state index in [1.807, 2.05) is 21.7 Å². The number of carbonyl (C=O) groups excluding carboxylic acids is 1. The van der Waals surface area contributed by atoms with Gasteiger partial charge in [0, 0.05) is 37.1 Å². The van der Waals surface area contributed by atoms with Gasteiger partial charge in [0.05, 0.1) is 12.5 Å². The molecule has 2 aliphatic heterocycles. The molecule has 0 radical (unpaired) electrons. The number of likely N-dealkylation sites (tertiary alicyclic amines) is 1. The van der Waals surface area contributed by atoms with Gasteiger partial charge in [-0.15, -0.1) is 0 Å². The lowest BCUT2D eigenvalue weighted by Gasteiger charge is -2.33. The van der Waals surface area contributed by atoms with Crippen molar-refractivity contribution in [3.63, 3.8) is 0 Å². The molecule has 2 aromatic rings. The molecule has 2 saturated heterocycles. The van der Waals surface area contributed by atoms with Gasteiger partial charge in [0.15, 0.2) is 0 Å². The van der Waals surface area contributed by atoms with Crippen molar-refractivity contribution in [2.45, 2.75) is 25.7 Å². The van der Waals surface area contributed by atoms with E-state index in [9.17, 15) is 4.79 Å². The standard InChI is InChI=1S/C17H21N3O3S/c21-17(13-3-6-22-10-13)20-5-1-2-12(9-20)8-15-18-16(19-23-15)14-4-7-24-11-14/h4,7,11-13H,1-3,5-6,8-10H2. The summed E-state index contributed by atoms with van der Waals surface area (Å²) in [5.74, 6) is 2.01. The van der Waals surface area contributed by atoms with Gasteiger partial charge in [-0.3, -0.25) is 4.79 Å². The van der Waals surface area contributed by atoms with E-state index in [1.54, 1.807) is 11.3 Å². The van der Waals surface area contributed by atoms with Crippen molar-refractivity contribution in [1.29, 1.82) is 0 Å². The summed E-state index contributed by atoms with van der Waals surface area (Å²) in [6.07, 6.45) is 3.73. The lowest BCUT2D eigenvalue weighted by Crippen LogP contribution is -2.43. The fourth-order valence-corrected chi connectivity index (χ4v) is 4.15. The topological polar surface area (TPSA) is 68.5 Å². The van der Waals surface area contributed by atoms with E-state index in [0.29, 0.717) is 30.8 Å². The van der Waals surface area contributed by atoms with E-state index >= 15 is 0 Å². The van der Waals surface area contributed by atoms with Gasteiger partial charge in [0.25, 0.3) is 0 Å². The van der Waals surface area contributed by atoms with Gasteiger partial charge in [-0.25, -0.2) is 0 Å². The number of nitrogens with zero attached hydrogens (tertiary/aromatic N) is 3. The highest BCUT2D eigenvalue weighted by Gasteiger charge is 2.31. The van der Waals surface area contributed by atoms with Crippen molar-refractivity contribution in [1.82, 2.24) is 15.0 Å². The molecule has 0 spiro atoms. The zero-order chi connectivity index (χ0) is 16.4. The Hall–Kier alpha value is -1.73. The Morgan fingerprint density at radius 3 is 3.17 bits per heavy atom. The van der Waals surface area contributed by atoms with Crippen LogP contribution >= 0.6 is 11.3 Å². The molecule has 6 nitrogen and oxygen atoms in total. The number of thiophene rings is 1. The fraction of sp³-hybridized carbons (Fsp3) is 0.588. The third kappa shape index (κ3) is 3.37. The van der Waals surface area contributed by atoms with Crippen LogP contribution in [0, 0.1) is 11.8 Å². The van der Waals surface area contributed by atoms with Crippen LogP contribution in [0.15, 0.2) is 21.3 Å². The Morgan fingerprint density at radius 2 is 2.38 bits per heavy atom. The van der Waals surface area contributed by atoms with Crippen LogP contribution in [-0.2, 0) is 16.0 Å². The summed E-state index contributed by atoms with van der Waals surface area (Å²) in [7, 11) is 0. The minimum atomic E-state index is 0.0531. The number of hydrogen-bond donors (Lipinski definition) is 0. The average molecular weight is 347 g/mol. The number of piperidine rings is 1. The Morgan fingerprint density at radius 1 is 1.42 bits per heavy atom. The smallest absolute Gasteiger partial charge is 0.228 e. The second kappa shape index (κ2) is 7.03. The van der Waals surface area contributed by atoms with Gasteiger partial charge < -0.3 is 14.2 Å². The second-order valence-corrected chi connectivity index (χ2v) is 7.36. The molecule has 24 heavy (non-hydrogen) atoms. The van der Waals surface area contributed by atoms with Crippen molar-refractivity contribution in [3.05, 3.63) is 22.7 Å². The maximum atomic E-state index is 12.6. The normalized spacial score (nSPS) is 24.4. The monoisotopic (exact) mass is 347 g/mol. The van der Waals surface area contributed by atoms with Gasteiger partial charge in [0.2, 0.25) is 17.6 Å². The van der Waals surface area contributed by atoms with Crippen molar-refractivity contribution >= 4 is 17.2 Å². The minimum absolute atomic E-state index is 0.0531. The van der Waals surface area contributed by atoms with Crippen molar-refractivity contribution in [2.75, 3.05) is 26.3 Å². The Labute approximate surface area is 144 Å². The molecule has 0 saturated carbocycles. The highest BCUT2D eigenvalue weighted by atomic mass is 32.1. The maximum Gasteiger partial charge on any atom is 0.228 e. The molecule has 2 aromatic heterocycles. The van der Waals surface area contributed by atoms with Crippen LogP contribution in [0.4, 0.5) is 0 Å². The fourth-order valence-electron chi connectivity index (χ4n) is 3.51. The SMILES string of the molecule is O=C(C1CCOC1)N1CCCC(Cc2nc(-c3ccsc3)no2)C1. The number of hydrogen-bond acceptors (Lipinski definition) is 6. The van der Waals surface area contributed by atoms with Crippen LogP contribution in [-0.4, -0.2) is 47.3 Å². The molecule has 128 valence electrons. The number of aromatic nitrogens is 2. The highest BCUT2D eigenvalue weighted by Crippen LogP contribution is 2.25. The first-order valence-electron chi connectivity index (χ1n) is 8.51. The largest absolute Gasteiger partial charge is 0.381 e. The van der Waals surface area contributed by atoms with Crippen molar-refractivity contribution in [3.8, 4) is 11.4 Å².